The number of allylic oxidation sites excluding steroid dienone is 3. The van der Waals surface area contributed by atoms with Crippen LogP contribution in [-0.2, 0) is 0 Å². The van der Waals surface area contributed by atoms with E-state index in [-0.39, 0.29) is 5.92 Å². The van der Waals surface area contributed by atoms with Crippen LogP contribution in [0.3, 0.4) is 0 Å². The van der Waals surface area contributed by atoms with E-state index in [4.69, 9.17) is 4.99 Å². The van der Waals surface area contributed by atoms with Crippen molar-refractivity contribution in [2.45, 2.75) is 20.3 Å². The van der Waals surface area contributed by atoms with Crippen molar-refractivity contribution in [2.24, 2.45) is 10.9 Å². The Balaban J connectivity index is 1.70. The molecule has 3 aliphatic heterocycles. The number of nitrogens with zero attached hydrogens (tertiary/aromatic N) is 6. The van der Waals surface area contributed by atoms with E-state index in [2.05, 4.69) is 89.3 Å². The highest BCUT2D eigenvalue weighted by Gasteiger charge is 2.32. The maximum Gasteiger partial charge on any atom is 0.133 e. The normalized spacial score (nSPS) is 20.0. The zero-order chi connectivity index (χ0) is 22.9. The molecule has 4 heterocycles. The lowest BCUT2D eigenvalue weighted by atomic mass is 10.0. The van der Waals surface area contributed by atoms with Gasteiger partial charge in [0.05, 0.1) is 16.9 Å². The second kappa shape index (κ2) is 8.59. The smallest absolute Gasteiger partial charge is 0.133 e. The Kier molecular flexibility index (Phi) is 5.47. The van der Waals surface area contributed by atoms with Crippen molar-refractivity contribution < 1.29 is 0 Å². The SMILES string of the molecule is CC1=CCCN=C2C(C)CN(c3ccc(C#N)cn3)c3cc(C4=CN(C)CC=C4)ccc3N12. The fraction of sp³-hybridized carbons (Fsp3) is 0.296. The van der Waals surface area contributed by atoms with Crippen LogP contribution in [-0.4, -0.2) is 42.4 Å². The lowest BCUT2D eigenvalue weighted by molar-refractivity contribution is 0.507. The molecule has 0 bridgehead atoms. The lowest BCUT2D eigenvalue weighted by Crippen LogP contribution is -2.35. The molecule has 6 heteroatoms. The highest BCUT2D eigenvalue weighted by Crippen LogP contribution is 2.42. The van der Waals surface area contributed by atoms with E-state index in [1.165, 1.54) is 16.8 Å². The number of rotatable bonds is 2. The molecule has 0 radical (unpaired) electrons. The first kappa shape index (κ1) is 21.0. The van der Waals surface area contributed by atoms with Gasteiger partial charge in [0.2, 0.25) is 0 Å². The second-order valence-electron chi connectivity index (χ2n) is 8.87. The summed E-state index contributed by atoms with van der Waals surface area (Å²) in [4.78, 5) is 16.4. The maximum atomic E-state index is 9.23. The van der Waals surface area contributed by atoms with Crippen LogP contribution in [0.1, 0.15) is 31.4 Å². The fourth-order valence-corrected chi connectivity index (χ4v) is 4.73. The molecule has 0 N–H and O–H groups in total. The summed E-state index contributed by atoms with van der Waals surface area (Å²) in [5.74, 6) is 2.15. The Labute approximate surface area is 195 Å². The number of anilines is 3. The second-order valence-corrected chi connectivity index (χ2v) is 8.87. The number of aromatic nitrogens is 1. The maximum absolute atomic E-state index is 9.23. The van der Waals surface area contributed by atoms with Crippen LogP contribution in [0.5, 0.6) is 0 Å². The van der Waals surface area contributed by atoms with Crippen LogP contribution in [0, 0.1) is 17.2 Å². The minimum absolute atomic E-state index is 0.208. The van der Waals surface area contributed by atoms with E-state index >= 15 is 0 Å². The molecule has 0 spiro atoms. The number of aliphatic imine (C=N–C) groups is 1. The molecule has 0 aliphatic carbocycles. The van der Waals surface area contributed by atoms with Crippen LogP contribution >= 0.6 is 0 Å². The largest absolute Gasteiger partial charge is 0.376 e. The Morgan fingerprint density at radius 1 is 1.15 bits per heavy atom. The van der Waals surface area contributed by atoms with Gasteiger partial charge in [-0.05, 0) is 48.7 Å². The number of amidine groups is 1. The monoisotopic (exact) mass is 436 g/mol. The van der Waals surface area contributed by atoms with Crippen molar-refractivity contribution in [3.8, 4) is 6.07 Å². The van der Waals surface area contributed by atoms with Crippen LogP contribution < -0.4 is 9.80 Å². The van der Waals surface area contributed by atoms with Crippen molar-refractivity contribution in [3.63, 3.8) is 0 Å². The summed E-state index contributed by atoms with van der Waals surface area (Å²) in [6.07, 6.45) is 11.5. The average Bonchev–Trinajstić information content (AvgIpc) is 3.10. The van der Waals surface area contributed by atoms with Gasteiger partial charge in [0.15, 0.2) is 0 Å². The molecule has 1 aromatic heterocycles. The van der Waals surface area contributed by atoms with Crippen LogP contribution in [0.4, 0.5) is 17.2 Å². The van der Waals surface area contributed by atoms with Crippen molar-refractivity contribution in [1.29, 1.82) is 5.26 Å². The van der Waals surface area contributed by atoms with Crippen molar-refractivity contribution in [3.05, 3.63) is 77.8 Å². The van der Waals surface area contributed by atoms with Gasteiger partial charge in [0.1, 0.15) is 17.7 Å². The number of fused-ring (bicyclic) bond motifs is 3. The first-order valence-corrected chi connectivity index (χ1v) is 11.4. The van der Waals surface area contributed by atoms with E-state index in [0.29, 0.717) is 5.56 Å². The summed E-state index contributed by atoms with van der Waals surface area (Å²) in [7, 11) is 2.09. The molecule has 0 saturated heterocycles. The minimum atomic E-state index is 0.208. The first-order chi connectivity index (χ1) is 16.0. The number of hydrogen-bond acceptors (Lipinski definition) is 6. The molecule has 1 aromatic carbocycles. The van der Waals surface area contributed by atoms with E-state index < -0.39 is 0 Å². The molecule has 5 rings (SSSR count). The van der Waals surface area contributed by atoms with Crippen molar-refractivity contribution in [1.82, 2.24) is 9.88 Å². The highest BCUT2D eigenvalue weighted by atomic mass is 15.3. The Bertz CT molecular complexity index is 1230. The molecule has 6 nitrogen and oxygen atoms in total. The molecule has 1 atom stereocenters. The van der Waals surface area contributed by atoms with Gasteiger partial charge in [-0.15, -0.1) is 0 Å². The zero-order valence-corrected chi connectivity index (χ0v) is 19.4. The molecule has 0 saturated carbocycles. The predicted octanol–water partition coefficient (Wildman–Crippen LogP) is 5.10. The molecule has 0 fully saturated rings. The average molecular weight is 437 g/mol. The molecule has 2 aromatic rings. The zero-order valence-electron chi connectivity index (χ0n) is 19.4. The van der Waals surface area contributed by atoms with E-state index in [9.17, 15) is 5.26 Å². The van der Waals surface area contributed by atoms with Gasteiger partial charge in [-0.1, -0.05) is 31.2 Å². The van der Waals surface area contributed by atoms with E-state index in [0.717, 1.165) is 49.1 Å². The molecular weight excluding hydrogens is 408 g/mol. The van der Waals surface area contributed by atoms with Crippen LogP contribution in [0.2, 0.25) is 0 Å². The first-order valence-electron chi connectivity index (χ1n) is 11.4. The Morgan fingerprint density at radius 3 is 2.79 bits per heavy atom. The van der Waals surface area contributed by atoms with Crippen molar-refractivity contribution >= 4 is 28.6 Å². The molecular formula is C27H28N6. The van der Waals surface area contributed by atoms with E-state index in [1.54, 1.807) is 6.20 Å². The Morgan fingerprint density at radius 2 is 2.03 bits per heavy atom. The lowest BCUT2D eigenvalue weighted by Gasteiger charge is -2.29. The number of hydrogen-bond donors (Lipinski definition) is 0. The summed E-state index contributed by atoms with van der Waals surface area (Å²) in [6, 6.07) is 12.6. The molecule has 166 valence electrons. The molecule has 3 aliphatic rings. The van der Waals surface area contributed by atoms with Crippen LogP contribution in [0.15, 0.2) is 71.6 Å². The molecule has 1 unspecified atom stereocenters. The summed E-state index contributed by atoms with van der Waals surface area (Å²) in [6.45, 7) is 6.88. The number of nitriles is 1. The van der Waals surface area contributed by atoms with Gasteiger partial charge in [-0.25, -0.2) is 4.98 Å². The van der Waals surface area contributed by atoms with Gasteiger partial charge in [-0.3, -0.25) is 4.99 Å². The number of likely N-dealkylation sites (N-methyl/N-ethyl adjacent to an activating group) is 1. The quantitative estimate of drug-likeness (QED) is 0.656. The van der Waals surface area contributed by atoms with Gasteiger partial charge in [0.25, 0.3) is 0 Å². The third kappa shape index (κ3) is 3.91. The topological polar surface area (TPSA) is 58.8 Å². The highest BCUT2D eigenvalue weighted by molar-refractivity contribution is 6.07. The van der Waals surface area contributed by atoms with Gasteiger partial charge in [0, 0.05) is 50.7 Å². The summed E-state index contributed by atoms with van der Waals surface area (Å²) >= 11 is 0. The van der Waals surface area contributed by atoms with Crippen molar-refractivity contribution in [2.75, 3.05) is 36.5 Å². The molecule has 33 heavy (non-hydrogen) atoms. The van der Waals surface area contributed by atoms with Gasteiger partial charge >= 0.3 is 0 Å². The van der Waals surface area contributed by atoms with Crippen LogP contribution in [0.25, 0.3) is 5.57 Å². The third-order valence-corrected chi connectivity index (χ3v) is 6.37. The van der Waals surface area contributed by atoms with Gasteiger partial charge in [-0.2, -0.15) is 5.26 Å². The van der Waals surface area contributed by atoms with E-state index in [1.807, 2.05) is 12.1 Å². The minimum Gasteiger partial charge on any atom is -0.376 e. The molecule has 0 amide bonds. The Hall–Kier alpha value is -3.85. The summed E-state index contributed by atoms with van der Waals surface area (Å²) in [5.41, 5.74) is 6.33. The fourth-order valence-electron chi connectivity index (χ4n) is 4.73. The summed E-state index contributed by atoms with van der Waals surface area (Å²) < 4.78 is 0. The number of benzene rings is 1. The third-order valence-electron chi connectivity index (χ3n) is 6.37. The summed E-state index contributed by atoms with van der Waals surface area (Å²) in [5, 5.41) is 9.23. The predicted molar refractivity (Wildman–Crippen MR) is 134 cm³/mol. The standard InChI is InChI=1S/C27H28N6/c1-19-17-32(26-11-8-21(15-28)16-30-26)25-14-22(23-7-5-13-31(3)18-23)9-10-24(25)33-20(2)6-4-12-29-27(19)33/h5-11,14,16,18-19H,4,12-13,17H2,1-3H3. The number of pyridine rings is 1. The van der Waals surface area contributed by atoms with Gasteiger partial charge < -0.3 is 14.7 Å².